The number of fused-ring (bicyclic) bond motifs is 10. The molecule has 3 heterocycles. The summed E-state index contributed by atoms with van der Waals surface area (Å²) in [6.07, 6.45) is 0. The van der Waals surface area contributed by atoms with E-state index in [1.165, 1.54) is 27.2 Å². The molecule has 0 saturated heterocycles. The Bertz CT molecular complexity index is 3460. The molecule has 0 unspecified atom stereocenters. The first-order chi connectivity index (χ1) is 27.8. The Balaban J connectivity index is 1.14. The zero-order valence-corrected chi connectivity index (χ0v) is 30.2. The lowest BCUT2D eigenvalue weighted by Gasteiger charge is -2.29. The van der Waals surface area contributed by atoms with Gasteiger partial charge < -0.3 is 18.3 Å². The zero-order chi connectivity index (χ0) is 36.7. The van der Waals surface area contributed by atoms with Crippen molar-refractivity contribution in [2.75, 3.05) is 4.90 Å². The van der Waals surface area contributed by atoms with Gasteiger partial charge in [-0.1, -0.05) is 127 Å². The Morgan fingerprint density at radius 3 is 1.82 bits per heavy atom. The highest BCUT2D eigenvalue weighted by molar-refractivity contribution is 6.16. The van der Waals surface area contributed by atoms with Crippen molar-refractivity contribution in [2.24, 2.45) is 0 Å². The lowest BCUT2D eigenvalue weighted by atomic mass is 9.98. The van der Waals surface area contributed by atoms with Gasteiger partial charge >= 0.3 is 0 Å². The van der Waals surface area contributed by atoms with Crippen LogP contribution in [0.3, 0.4) is 0 Å². The average molecular weight is 717 g/mol. The number of para-hydroxylation sites is 5. The maximum atomic E-state index is 6.82. The molecule has 4 nitrogen and oxygen atoms in total. The van der Waals surface area contributed by atoms with Crippen LogP contribution in [0.5, 0.6) is 0 Å². The van der Waals surface area contributed by atoms with E-state index in [1.54, 1.807) is 0 Å². The third-order valence-electron chi connectivity index (χ3n) is 11.3. The Hall–Kier alpha value is -7.56. The molecule has 9 aromatic carbocycles. The Morgan fingerprint density at radius 1 is 0.375 bits per heavy atom. The van der Waals surface area contributed by atoms with E-state index in [-0.39, 0.29) is 0 Å². The van der Waals surface area contributed by atoms with Crippen molar-refractivity contribution in [3.05, 3.63) is 194 Å². The summed E-state index contributed by atoms with van der Waals surface area (Å²) >= 11 is 0. The zero-order valence-electron chi connectivity index (χ0n) is 30.2. The highest BCUT2D eigenvalue weighted by Gasteiger charge is 2.24. The number of hydrogen-bond acceptors (Lipinski definition) is 3. The Labute approximate surface area is 321 Å². The fourth-order valence-electron chi connectivity index (χ4n) is 8.91. The van der Waals surface area contributed by atoms with Gasteiger partial charge in [0.05, 0.1) is 27.8 Å². The molecule has 0 N–H and O–H groups in total. The maximum Gasteiger partial charge on any atom is 0.143 e. The summed E-state index contributed by atoms with van der Waals surface area (Å²) in [7, 11) is 0. The van der Waals surface area contributed by atoms with Gasteiger partial charge in [-0.3, -0.25) is 0 Å². The summed E-state index contributed by atoms with van der Waals surface area (Å²) in [5.74, 6) is 0. The number of anilines is 3. The first-order valence-electron chi connectivity index (χ1n) is 19.0. The van der Waals surface area contributed by atoms with E-state index in [9.17, 15) is 0 Å². The molecular formula is C52H32N2O2. The van der Waals surface area contributed by atoms with Crippen LogP contribution < -0.4 is 4.90 Å². The minimum Gasteiger partial charge on any atom is -0.456 e. The van der Waals surface area contributed by atoms with Crippen LogP contribution >= 0.6 is 0 Å². The fourth-order valence-corrected chi connectivity index (χ4v) is 8.91. The molecule has 0 saturated carbocycles. The van der Waals surface area contributed by atoms with Crippen LogP contribution in [0.2, 0.25) is 0 Å². The first-order valence-corrected chi connectivity index (χ1v) is 19.0. The third kappa shape index (κ3) is 4.53. The van der Waals surface area contributed by atoms with E-state index in [0.29, 0.717) is 0 Å². The second-order valence-corrected chi connectivity index (χ2v) is 14.5. The number of hydrogen-bond donors (Lipinski definition) is 0. The molecule has 0 aliphatic carbocycles. The van der Waals surface area contributed by atoms with Gasteiger partial charge in [0.25, 0.3) is 0 Å². The standard InChI is InChI=1S/C52H32N2O2/c1-2-15-34-31-50-43(30-33(34)14-1)41-23-12-22-40(52(41)56-50)39-20-5-9-26-46(39)54(47-27-13-29-49-51(47)42-21-6-10-28-48(42)55-49)36-17-11-16-35(32-36)53-44-24-7-3-18-37(44)38-19-4-8-25-45(38)53/h1-32H. The van der Waals surface area contributed by atoms with Crippen LogP contribution in [0, 0.1) is 0 Å². The molecule has 12 rings (SSSR count). The molecule has 262 valence electrons. The van der Waals surface area contributed by atoms with Gasteiger partial charge in [-0.15, -0.1) is 0 Å². The second kappa shape index (κ2) is 12.0. The molecule has 0 spiro atoms. The quantitative estimate of drug-likeness (QED) is 0.178. The molecule has 0 aliphatic heterocycles. The minimum atomic E-state index is 0.844. The predicted molar refractivity (Wildman–Crippen MR) is 233 cm³/mol. The van der Waals surface area contributed by atoms with Gasteiger partial charge in [-0.2, -0.15) is 0 Å². The average Bonchev–Trinajstić information content (AvgIpc) is 3.93. The predicted octanol–water partition coefficient (Wildman–Crippen LogP) is 14.9. The molecule has 0 radical (unpaired) electrons. The molecule has 12 aromatic rings. The fraction of sp³-hybridized carbons (Fsp3) is 0. The summed E-state index contributed by atoms with van der Waals surface area (Å²) < 4.78 is 15.7. The van der Waals surface area contributed by atoms with Crippen LogP contribution in [0.4, 0.5) is 17.1 Å². The summed E-state index contributed by atoms with van der Waals surface area (Å²) in [6, 6.07) is 69.0. The van der Waals surface area contributed by atoms with E-state index < -0.39 is 0 Å². The lowest BCUT2D eigenvalue weighted by Crippen LogP contribution is -2.12. The summed E-state index contributed by atoms with van der Waals surface area (Å²) in [6.45, 7) is 0. The Kier molecular flexibility index (Phi) is 6.60. The van der Waals surface area contributed by atoms with Crippen molar-refractivity contribution in [2.45, 2.75) is 0 Å². The van der Waals surface area contributed by atoms with Crippen LogP contribution in [-0.4, -0.2) is 4.57 Å². The highest BCUT2D eigenvalue weighted by atomic mass is 16.3. The molecule has 4 heteroatoms. The molecule has 56 heavy (non-hydrogen) atoms. The maximum absolute atomic E-state index is 6.82. The van der Waals surface area contributed by atoms with Crippen molar-refractivity contribution >= 4 is 93.5 Å². The largest absolute Gasteiger partial charge is 0.456 e. The second-order valence-electron chi connectivity index (χ2n) is 14.5. The van der Waals surface area contributed by atoms with Crippen LogP contribution in [0.1, 0.15) is 0 Å². The normalized spacial score (nSPS) is 11.9. The molecule has 0 amide bonds. The monoisotopic (exact) mass is 716 g/mol. The van der Waals surface area contributed by atoms with Crippen LogP contribution in [0.25, 0.3) is 93.3 Å². The van der Waals surface area contributed by atoms with Crippen molar-refractivity contribution < 1.29 is 8.83 Å². The lowest BCUT2D eigenvalue weighted by molar-refractivity contribution is 0.669. The van der Waals surface area contributed by atoms with Crippen LogP contribution in [-0.2, 0) is 0 Å². The van der Waals surface area contributed by atoms with E-state index in [4.69, 9.17) is 8.83 Å². The van der Waals surface area contributed by atoms with Gasteiger partial charge in [-0.25, -0.2) is 0 Å². The first kappa shape index (κ1) is 30.9. The van der Waals surface area contributed by atoms with E-state index in [2.05, 4.69) is 191 Å². The van der Waals surface area contributed by atoms with E-state index >= 15 is 0 Å². The summed E-state index contributed by atoms with van der Waals surface area (Å²) in [5.41, 5.74) is 12.1. The molecular weight excluding hydrogens is 685 g/mol. The molecule has 3 aromatic heterocycles. The van der Waals surface area contributed by atoms with Gasteiger partial charge in [0.1, 0.15) is 22.3 Å². The van der Waals surface area contributed by atoms with Crippen LogP contribution in [0.15, 0.2) is 203 Å². The minimum absolute atomic E-state index is 0.844. The third-order valence-corrected chi connectivity index (χ3v) is 11.3. The van der Waals surface area contributed by atoms with Gasteiger partial charge in [-0.05, 0) is 77.5 Å². The van der Waals surface area contributed by atoms with Gasteiger partial charge in [0, 0.05) is 49.4 Å². The number of nitrogens with zero attached hydrogens (tertiary/aromatic N) is 2. The summed E-state index contributed by atoms with van der Waals surface area (Å²) in [5, 5.41) is 9.18. The van der Waals surface area contributed by atoms with E-state index in [0.717, 1.165) is 83.1 Å². The van der Waals surface area contributed by atoms with Crippen molar-refractivity contribution in [1.82, 2.24) is 4.57 Å². The SMILES string of the molecule is c1cc(N(c2ccccc2-c2cccc3c2oc2cc4ccccc4cc23)c2cccc3oc4ccccc4c23)cc(-n2c3ccccc3c3ccccc32)c1. The van der Waals surface area contributed by atoms with Gasteiger partial charge in [0.15, 0.2) is 0 Å². The van der Waals surface area contributed by atoms with E-state index in [1.807, 2.05) is 12.1 Å². The molecule has 0 fully saturated rings. The summed E-state index contributed by atoms with van der Waals surface area (Å²) in [4.78, 5) is 2.40. The van der Waals surface area contributed by atoms with Crippen molar-refractivity contribution in [3.63, 3.8) is 0 Å². The van der Waals surface area contributed by atoms with Gasteiger partial charge in [0.2, 0.25) is 0 Å². The number of furan rings is 2. The van der Waals surface area contributed by atoms with Crippen molar-refractivity contribution in [1.29, 1.82) is 0 Å². The highest BCUT2D eigenvalue weighted by Crippen LogP contribution is 2.48. The van der Waals surface area contributed by atoms with Crippen molar-refractivity contribution in [3.8, 4) is 16.8 Å². The smallest absolute Gasteiger partial charge is 0.143 e. The number of benzene rings is 9. The Morgan fingerprint density at radius 2 is 0.982 bits per heavy atom. The number of rotatable bonds is 5. The molecule has 0 atom stereocenters. The number of aromatic nitrogens is 1. The molecule has 0 bridgehead atoms. The molecule has 0 aliphatic rings. The topological polar surface area (TPSA) is 34.5 Å².